The molecule has 0 aliphatic carbocycles. The van der Waals surface area contributed by atoms with Crippen LogP contribution < -0.4 is 10.6 Å². The fourth-order valence-corrected chi connectivity index (χ4v) is 4.67. The molecule has 2 aromatic rings. The number of aromatic nitrogens is 2. The number of nitrogens with zero attached hydrogens (tertiary/aromatic N) is 2. The Morgan fingerprint density at radius 2 is 1.75 bits per heavy atom. The zero-order valence-electron chi connectivity index (χ0n) is 14.1. The van der Waals surface area contributed by atoms with Crippen LogP contribution in [-0.2, 0) is 9.84 Å². The first-order valence-corrected chi connectivity index (χ1v) is 9.79. The van der Waals surface area contributed by atoms with E-state index in [-0.39, 0.29) is 17.5 Å². The van der Waals surface area contributed by atoms with Crippen molar-refractivity contribution < 1.29 is 8.42 Å². The van der Waals surface area contributed by atoms with Crippen LogP contribution in [0.1, 0.15) is 23.2 Å². The van der Waals surface area contributed by atoms with Gasteiger partial charge in [0, 0.05) is 23.5 Å². The van der Waals surface area contributed by atoms with Crippen molar-refractivity contribution in [2.45, 2.75) is 33.2 Å². The standard InChI is InChI=1S/C17H22N4O2S/c1-11-6-12(2)8-15(7-11)20-17-18-13(3)9-16(21-17)19-14-4-5-24(22,23)10-14/h6-9,14H,4-5,10H2,1-3H3,(H2,18,19,20,21). The van der Waals surface area contributed by atoms with Crippen LogP contribution in [0.25, 0.3) is 0 Å². The Morgan fingerprint density at radius 3 is 2.38 bits per heavy atom. The quantitative estimate of drug-likeness (QED) is 0.885. The Labute approximate surface area is 142 Å². The molecule has 24 heavy (non-hydrogen) atoms. The summed E-state index contributed by atoms with van der Waals surface area (Å²) in [5.41, 5.74) is 4.09. The molecule has 2 N–H and O–H groups in total. The van der Waals surface area contributed by atoms with E-state index in [0.29, 0.717) is 18.2 Å². The van der Waals surface area contributed by atoms with E-state index in [1.54, 1.807) is 0 Å². The Bertz CT molecular complexity index is 845. The minimum atomic E-state index is -2.92. The second-order valence-electron chi connectivity index (χ2n) is 6.46. The molecule has 6 nitrogen and oxygen atoms in total. The average molecular weight is 346 g/mol. The Balaban J connectivity index is 1.78. The van der Waals surface area contributed by atoms with Crippen LogP contribution in [-0.4, -0.2) is 35.9 Å². The van der Waals surface area contributed by atoms with Gasteiger partial charge in [-0.3, -0.25) is 0 Å². The average Bonchev–Trinajstić information content (AvgIpc) is 2.75. The zero-order chi connectivity index (χ0) is 17.3. The molecule has 3 rings (SSSR count). The van der Waals surface area contributed by atoms with Crippen molar-refractivity contribution in [3.63, 3.8) is 0 Å². The smallest absolute Gasteiger partial charge is 0.229 e. The highest BCUT2D eigenvalue weighted by molar-refractivity contribution is 7.91. The first-order valence-electron chi connectivity index (χ1n) is 7.97. The number of hydrogen-bond donors (Lipinski definition) is 2. The largest absolute Gasteiger partial charge is 0.366 e. The molecule has 0 bridgehead atoms. The number of sulfone groups is 1. The predicted molar refractivity (Wildman–Crippen MR) is 96.6 cm³/mol. The molecule has 0 saturated carbocycles. The molecular formula is C17H22N4O2S. The predicted octanol–water partition coefficient (Wildman–Crippen LogP) is 2.74. The lowest BCUT2D eigenvalue weighted by Gasteiger charge is -2.14. The third-order valence-corrected chi connectivity index (χ3v) is 5.68. The summed E-state index contributed by atoms with van der Waals surface area (Å²) in [6.45, 7) is 5.98. The molecule has 0 radical (unpaired) electrons. The first kappa shape index (κ1) is 16.7. The van der Waals surface area contributed by atoms with Crippen LogP contribution >= 0.6 is 0 Å². The van der Waals surface area contributed by atoms with Gasteiger partial charge < -0.3 is 10.6 Å². The van der Waals surface area contributed by atoms with E-state index < -0.39 is 9.84 Å². The maximum absolute atomic E-state index is 11.6. The molecule has 1 aliphatic heterocycles. The van der Waals surface area contributed by atoms with Gasteiger partial charge in [-0.25, -0.2) is 13.4 Å². The van der Waals surface area contributed by atoms with Crippen LogP contribution in [0.4, 0.5) is 17.5 Å². The highest BCUT2D eigenvalue weighted by Gasteiger charge is 2.28. The lowest BCUT2D eigenvalue weighted by Crippen LogP contribution is -2.21. The summed E-state index contributed by atoms with van der Waals surface area (Å²) in [6, 6.07) is 7.93. The fraction of sp³-hybridized carbons (Fsp3) is 0.412. The zero-order valence-corrected chi connectivity index (χ0v) is 14.9. The van der Waals surface area contributed by atoms with Gasteiger partial charge >= 0.3 is 0 Å². The van der Waals surface area contributed by atoms with Crippen molar-refractivity contribution >= 4 is 27.3 Å². The molecule has 1 aliphatic rings. The van der Waals surface area contributed by atoms with Crippen molar-refractivity contribution in [2.24, 2.45) is 0 Å². The molecular weight excluding hydrogens is 324 g/mol. The summed E-state index contributed by atoms with van der Waals surface area (Å²) in [4.78, 5) is 8.88. The number of benzene rings is 1. The second kappa shape index (κ2) is 6.39. The third kappa shape index (κ3) is 4.23. The van der Waals surface area contributed by atoms with Gasteiger partial charge in [-0.05, 0) is 50.5 Å². The Morgan fingerprint density at radius 1 is 1.04 bits per heavy atom. The first-order chi connectivity index (χ1) is 11.3. The highest BCUT2D eigenvalue weighted by atomic mass is 32.2. The summed E-state index contributed by atoms with van der Waals surface area (Å²) < 4.78 is 23.2. The normalized spacial score (nSPS) is 19.2. The third-order valence-electron chi connectivity index (χ3n) is 3.92. The number of rotatable bonds is 4. The minimum Gasteiger partial charge on any atom is -0.366 e. The van der Waals surface area contributed by atoms with Crippen LogP contribution in [0.3, 0.4) is 0 Å². The molecule has 1 saturated heterocycles. The SMILES string of the molecule is Cc1cc(C)cc(Nc2nc(C)cc(NC3CCS(=O)(=O)C3)n2)c1. The van der Waals surface area contributed by atoms with Crippen LogP contribution in [0.5, 0.6) is 0 Å². The van der Waals surface area contributed by atoms with Crippen molar-refractivity contribution in [1.82, 2.24) is 9.97 Å². The van der Waals surface area contributed by atoms with Gasteiger partial charge in [-0.2, -0.15) is 4.98 Å². The number of hydrogen-bond acceptors (Lipinski definition) is 6. The molecule has 1 fully saturated rings. The van der Waals surface area contributed by atoms with E-state index in [9.17, 15) is 8.42 Å². The van der Waals surface area contributed by atoms with Crippen molar-refractivity contribution in [1.29, 1.82) is 0 Å². The van der Waals surface area contributed by atoms with E-state index in [4.69, 9.17) is 0 Å². The molecule has 1 aromatic heterocycles. The molecule has 0 amide bonds. The molecule has 1 unspecified atom stereocenters. The highest BCUT2D eigenvalue weighted by Crippen LogP contribution is 2.21. The van der Waals surface area contributed by atoms with Gasteiger partial charge in [0.05, 0.1) is 11.5 Å². The fourth-order valence-electron chi connectivity index (χ4n) is 2.99. The van der Waals surface area contributed by atoms with Gasteiger partial charge in [0.2, 0.25) is 5.95 Å². The number of anilines is 3. The molecule has 128 valence electrons. The van der Waals surface area contributed by atoms with Crippen LogP contribution in [0, 0.1) is 20.8 Å². The van der Waals surface area contributed by atoms with E-state index >= 15 is 0 Å². The van der Waals surface area contributed by atoms with E-state index in [2.05, 4.69) is 26.7 Å². The van der Waals surface area contributed by atoms with Crippen LogP contribution in [0.2, 0.25) is 0 Å². The van der Waals surface area contributed by atoms with Crippen molar-refractivity contribution in [3.8, 4) is 0 Å². The maximum atomic E-state index is 11.6. The van der Waals surface area contributed by atoms with E-state index in [1.807, 2.05) is 39.0 Å². The lowest BCUT2D eigenvalue weighted by molar-refractivity contribution is 0.602. The minimum absolute atomic E-state index is 0.0848. The van der Waals surface area contributed by atoms with E-state index in [1.165, 1.54) is 11.1 Å². The topological polar surface area (TPSA) is 84.0 Å². The summed E-state index contributed by atoms with van der Waals surface area (Å²) in [5.74, 6) is 1.55. The summed E-state index contributed by atoms with van der Waals surface area (Å²) in [7, 11) is -2.92. The van der Waals surface area contributed by atoms with Crippen molar-refractivity contribution in [3.05, 3.63) is 41.1 Å². The number of aryl methyl sites for hydroxylation is 3. The molecule has 0 spiro atoms. The number of nitrogens with one attached hydrogen (secondary N) is 2. The summed E-state index contributed by atoms with van der Waals surface area (Å²) in [6.07, 6.45) is 0.616. The molecule has 7 heteroatoms. The Kier molecular flexibility index (Phi) is 4.45. The lowest BCUT2D eigenvalue weighted by atomic mass is 10.1. The van der Waals surface area contributed by atoms with E-state index in [0.717, 1.165) is 11.4 Å². The van der Waals surface area contributed by atoms with Gasteiger partial charge in [0.15, 0.2) is 9.84 Å². The van der Waals surface area contributed by atoms with Gasteiger partial charge in [-0.15, -0.1) is 0 Å². The summed E-state index contributed by atoms with van der Waals surface area (Å²) >= 11 is 0. The molecule has 1 atom stereocenters. The van der Waals surface area contributed by atoms with Gasteiger partial charge in [-0.1, -0.05) is 6.07 Å². The van der Waals surface area contributed by atoms with Gasteiger partial charge in [0.25, 0.3) is 0 Å². The molecule has 1 aromatic carbocycles. The second-order valence-corrected chi connectivity index (χ2v) is 8.69. The van der Waals surface area contributed by atoms with Crippen molar-refractivity contribution in [2.75, 3.05) is 22.1 Å². The molecule has 2 heterocycles. The monoisotopic (exact) mass is 346 g/mol. The van der Waals surface area contributed by atoms with Crippen LogP contribution in [0.15, 0.2) is 24.3 Å². The summed E-state index contributed by atoms with van der Waals surface area (Å²) in [5, 5.41) is 6.44. The maximum Gasteiger partial charge on any atom is 0.229 e. The van der Waals surface area contributed by atoms with Gasteiger partial charge in [0.1, 0.15) is 5.82 Å². The Hall–Kier alpha value is -2.15.